The summed E-state index contributed by atoms with van der Waals surface area (Å²) in [5.41, 5.74) is 6.32. The molecule has 1 aromatic heterocycles. The Bertz CT molecular complexity index is 689. The highest BCUT2D eigenvalue weighted by Gasteiger charge is 2.36. The summed E-state index contributed by atoms with van der Waals surface area (Å²) in [6.07, 6.45) is -4.36. The van der Waals surface area contributed by atoms with Crippen LogP contribution < -0.4 is 11.1 Å². The van der Waals surface area contributed by atoms with Crippen LogP contribution in [-0.4, -0.2) is 4.98 Å². The summed E-state index contributed by atoms with van der Waals surface area (Å²) < 4.78 is 38.4. The summed E-state index contributed by atoms with van der Waals surface area (Å²) >= 11 is 1.35. The first-order valence-corrected chi connectivity index (χ1v) is 6.77. The van der Waals surface area contributed by atoms with Crippen LogP contribution >= 0.6 is 11.3 Å². The third-order valence-corrected chi connectivity index (χ3v) is 4.47. The van der Waals surface area contributed by atoms with E-state index in [1.165, 1.54) is 17.4 Å². The number of anilines is 2. The third-order valence-electron chi connectivity index (χ3n) is 3.26. The number of fused-ring (bicyclic) bond motifs is 3. The standard InChI is InChI=1S/C13H12F3N3S/c1-12(2)10-9(18-11(17)20-10)7-4-3-6(13(14,15)16)5-8(7)19-12/h3-5,19H,1-2H3,(H2,17,18). The second kappa shape index (κ2) is 3.88. The highest BCUT2D eigenvalue weighted by atomic mass is 32.1. The zero-order valence-corrected chi connectivity index (χ0v) is 11.6. The molecule has 3 N–H and O–H groups in total. The Morgan fingerprint density at radius 2 is 2.00 bits per heavy atom. The second-order valence-corrected chi connectivity index (χ2v) is 6.27. The monoisotopic (exact) mass is 299 g/mol. The Kier molecular flexibility index (Phi) is 2.57. The van der Waals surface area contributed by atoms with Crippen LogP contribution in [0.2, 0.25) is 0 Å². The van der Waals surface area contributed by atoms with Gasteiger partial charge in [-0.2, -0.15) is 13.2 Å². The van der Waals surface area contributed by atoms with E-state index in [4.69, 9.17) is 5.73 Å². The van der Waals surface area contributed by atoms with Gasteiger partial charge in [0.15, 0.2) is 5.13 Å². The van der Waals surface area contributed by atoms with Gasteiger partial charge in [-0.3, -0.25) is 0 Å². The van der Waals surface area contributed by atoms with Gasteiger partial charge in [0, 0.05) is 11.3 Å². The van der Waals surface area contributed by atoms with Gasteiger partial charge in [-0.15, -0.1) is 0 Å². The number of nitrogens with two attached hydrogens (primary N) is 1. The van der Waals surface area contributed by atoms with Crippen molar-refractivity contribution in [2.75, 3.05) is 11.1 Å². The fourth-order valence-corrected chi connectivity index (χ4v) is 3.27. The van der Waals surface area contributed by atoms with Crippen molar-refractivity contribution in [2.45, 2.75) is 25.6 Å². The molecule has 0 amide bonds. The molecule has 2 aromatic rings. The van der Waals surface area contributed by atoms with E-state index in [1.54, 1.807) is 0 Å². The fourth-order valence-electron chi connectivity index (χ4n) is 2.37. The SMILES string of the molecule is CC1(C)Nc2cc(C(F)(F)F)ccc2-c2nc(N)sc21. The number of nitrogen functional groups attached to an aromatic ring is 1. The van der Waals surface area contributed by atoms with E-state index >= 15 is 0 Å². The molecule has 0 saturated carbocycles. The van der Waals surface area contributed by atoms with Crippen LogP contribution in [0.4, 0.5) is 24.0 Å². The number of aromatic nitrogens is 1. The van der Waals surface area contributed by atoms with Gasteiger partial charge in [-0.25, -0.2) is 4.98 Å². The van der Waals surface area contributed by atoms with Crippen molar-refractivity contribution in [2.24, 2.45) is 0 Å². The van der Waals surface area contributed by atoms with Gasteiger partial charge in [-0.05, 0) is 26.0 Å². The molecule has 20 heavy (non-hydrogen) atoms. The lowest BCUT2D eigenvalue weighted by Gasteiger charge is -2.33. The number of hydrogen-bond donors (Lipinski definition) is 2. The van der Waals surface area contributed by atoms with Crippen LogP contribution in [0.3, 0.4) is 0 Å². The summed E-state index contributed by atoms with van der Waals surface area (Å²) in [5, 5.41) is 3.55. The Morgan fingerprint density at radius 1 is 1.30 bits per heavy atom. The molecule has 7 heteroatoms. The molecule has 1 aliphatic heterocycles. The molecule has 3 rings (SSSR count). The fraction of sp³-hybridized carbons (Fsp3) is 0.308. The molecule has 0 unspecified atom stereocenters. The highest BCUT2D eigenvalue weighted by molar-refractivity contribution is 7.16. The summed E-state index contributed by atoms with van der Waals surface area (Å²) in [5.74, 6) is 0. The van der Waals surface area contributed by atoms with Crippen LogP contribution in [0.15, 0.2) is 18.2 Å². The van der Waals surface area contributed by atoms with Gasteiger partial charge in [0.2, 0.25) is 0 Å². The number of halogens is 3. The predicted molar refractivity (Wildman–Crippen MR) is 73.6 cm³/mol. The highest BCUT2D eigenvalue weighted by Crippen LogP contribution is 2.47. The summed E-state index contributed by atoms with van der Waals surface area (Å²) in [7, 11) is 0. The van der Waals surface area contributed by atoms with Crippen LogP contribution in [-0.2, 0) is 11.7 Å². The Morgan fingerprint density at radius 3 is 2.65 bits per heavy atom. The first-order chi connectivity index (χ1) is 9.18. The van der Waals surface area contributed by atoms with Gasteiger partial charge in [0.1, 0.15) is 0 Å². The molecule has 0 bridgehead atoms. The summed E-state index contributed by atoms with van der Waals surface area (Å²) in [4.78, 5) is 5.19. The Hall–Kier alpha value is -1.76. The van der Waals surface area contributed by atoms with Gasteiger partial charge in [0.05, 0.1) is 21.7 Å². The van der Waals surface area contributed by atoms with Gasteiger partial charge in [0.25, 0.3) is 0 Å². The van der Waals surface area contributed by atoms with E-state index in [0.717, 1.165) is 17.0 Å². The number of nitrogens with zero attached hydrogens (tertiary/aromatic N) is 1. The van der Waals surface area contributed by atoms with E-state index in [9.17, 15) is 13.2 Å². The van der Waals surface area contributed by atoms with Crippen molar-refractivity contribution in [1.82, 2.24) is 4.98 Å². The molecular formula is C13H12F3N3S. The van der Waals surface area contributed by atoms with Crippen molar-refractivity contribution in [1.29, 1.82) is 0 Å². The van der Waals surface area contributed by atoms with Crippen molar-refractivity contribution in [3.8, 4) is 11.3 Å². The maximum absolute atomic E-state index is 12.8. The first-order valence-electron chi connectivity index (χ1n) is 5.95. The zero-order valence-electron chi connectivity index (χ0n) is 10.8. The predicted octanol–water partition coefficient (Wildman–Crippen LogP) is 4.07. The molecule has 0 atom stereocenters. The molecule has 0 radical (unpaired) electrons. The lowest BCUT2D eigenvalue weighted by atomic mass is 9.91. The number of alkyl halides is 3. The molecule has 0 fully saturated rings. The molecule has 1 aliphatic rings. The van der Waals surface area contributed by atoms with Crippen LogP contribution in [0, 0.1) is 0 Å². The molecule has 1 aromatic carbocycles. The quantitative estimate of drug-likeness (QED) is 0.771. The number of rotatable bonds is 0. The van der Waals surface area contributed by atoms with Gasteiger partial charge >= 0.3 is 6.18 Å². The molecular weight excluding hydrogens is 287 g/mol. The van der Waals surface area contributed by atoms with Gasteiger partial charge in [-0.1, -0.05) is 17.4 Å². The van der Waals surface area contributed by atoms with Crippen molar-refractivity contribution < 1.29 is 13.2 Å². The van der Waals surface area contributed by atoms with Crippen LogP contribution in [0.25, 0.3) is 11.3 Å². The normalized spacial score (nSPS) is 16.2. The van der Waals surface area contributed by atoms with Crippen molar-refractivity contribution >= 4 is 22.2 Å². The van der Waals surface area contributed by atoms with E-state index in [0.29, 0.717) is 22.1 Å². The number of nitrogens with one attached hydrogen (secondary N) is 1. The van der Waals surface area contributed by atoms with E-state index < -0.39 is 17.3 Å². The molecule has 3 nitrogen and oxygen atoms in total. The molecule has 0 saturated heterocycles. The molecule has 2 heterocycles. The van der Waals surface area contributed by atoms with E-state index in [2.05, 4.69) is 10.3 Å². The van der Waals surface area contributed by atoms with E-state index in [-0.39, 0.29) is 0 Å². The van der Waals surface area contributed by atoms with E-state index in [1.807, 2.05) is 13.8 Å². The summed E-state index contributed by atoms with van der Waals surface area (Å²) in [6.45, 7) is 3.79. The Labute approximate surface area is 117 Å². The topological polar surface area (TPSA) is 50.9 Å². The lowest BCUT2D eigenvalue weighted by Crippen LogP contribution is -2.30. The smallest absolute Gasteiger partial charge is 0.375 e. The first kappa shape index (κ1) is 13.2. The minimum absolute atomic E-state index is 0.414. The number of thiazole rings is 1. The van der Waals surface area contributed by atoms with Crippen LogP contribution in [0.5, 0.6) is 0 Å². The molecule has 0 spiro atoms. The number of benzene rings is 1. The minimum Gasteiger partial charge on any atom is -0.375 e. The largest absolute Gasteiger partial charge is 0.416 e. The molecule has 106 valence electrons. The average molecular weight is 299 g/mol. The maximum Gasteiger partial charge on any atom is 0.416 e. The average Bonchev–Trinajstić information content (AvgIpc) is 2.70. The zero-order chi connectivity index (χ0) is 14.7. The molecule has 0 aliphatic carbocycles. The summed E-state index contributed by atoms with van der Waals surface area (Å²) in [6, 6.07) is 3.63. The maximum atomic E-state index is 12.8. The second-order valence-electron chi connectivity index (χ2n) is 5.24. The third kappa shape index (κ3) is 1.93. The van der Waals surface area contributed by atoms with Crippen molar-refractivity contribution in [3.05, 3.63) is 28.6 Å². The number of hydrogen-bond acceptors (Lipinski definition) is 4. The van der Waals surface area contributed by atoms with Crippen LogP contribution in [0.1, 0.15) is 24.3 Å². The van der Waals surface area contributed by atoms with Gasteiger partial charge < -0.3 is 11.1 Å². The van der Waals surface area contributed by atoms with Crippen molar-refractivity contribution in [3.63, 3.8) is 0 Å². The minimum atomic E-state index is -4.36. The lowest BCUT2D eigenvalue weighted by molar-refractivity contribution is -0.137. The Balaban J connectivity index is 2.22.